The normalized spacial score (nSPS) is 10.1. The van der Waals surface area contributed by atoms with Gasteiger partial charge in [-0.05, 0) is 31.9 Å². The predicted molar refractivity (Wildman–Crippen MR) is 77.8 cm³/mol. The molecule has 0 saturated carbocycles. The van der Waals surface area contributed by atoms with E-state index in [2.05, 4.69) is 10.3 Å². The molecule has 0 saturated heterocycles. The van der Waals surface area contributed by atoms with Crippen molar-refractivity contribution in [2.75, 3.05) is 13.2 Å². The Kier molecular flexibility index (Phi) is 7.60. The fourth-order valence-electron chi connectivity index (χ4n) is 1.70. The van der Waals surface area contributed by atoms with Crippen LogP contribution in [0.4, 0.5) is 0 Å². The molecule has 1 amide bonds. The van der Waals surface area contributed by atoms with Gasteiger partial charge >= 0.3 is 11.9 Å². The summed E-state index contributed by atoms with van der Waals surface area (Å²) in [6.07, 6.45) is 3.88. The van der Waals surface area contributed by atoms with Crippen molar-refractivity contribution >= 4 is 17.8 Å². The van der Waals surface area contributed by atoms with Crippen LogP contribution in [-0.2, 0) is 30.3 Å². The maximum atomic E-state index is 11.9. The molecule has 0 spiro atoms. The van der Waals surface area contributed by atoms with Gasteiger partial charge in [0, 0.05) is 18.8 Å². The highest BCUT2D eigenvalue weighted by molar-refractivity contribution is 6.02. The largest absolute Gasteiger partial charge is 0.464 e. The van der Waals surface area contributed by atoms with Gasteiger partial charge in [-0.1, -0.05) is 6.07 Å². The van der Waals surface area contributed by atoms with Crippen molar-refractivity contribution in [1.29, 1.82) is 0 Å². The van der Waals surface area contributed by atoms with E-state index in [1.807, 2.05) is 6.07 Å². The molecule has 1 heterocycles. The SMILES string of the molecule is CCOC(=O)C(NC(=O)CCc1cccnc1)C(=O)OCC. The number of aryl methyl sites for hydroxylation is 1. The summed E-state index contributed by atoms with van der Waals surface area (Å²) in [7, 11) is 0. The van der Waals surface area contributed by atoms with Crippen molar-refractivity contribution < 1.29 is 23.9 Å². The molecular weight excluding hydrogens is 288 g/mol. The molecule has 120 valence electrons. The number of pyridine rings is 1. The first-order valence-corrected chi connectivity index (χ1v) is 7.10. The number of nitrogens with zero attached hydrogens (tertiary/aromatic N) is 1. The molecule has 7 heteroatoms. The standard InChI is InChI=1S/C15H20N2O5/c1-3-21-14(19)13(15(20)22-4-2)17-12(18)8-7-11-6-5-9-16-10-11/h5-6,9-10,13H,3-4,7-8H2,1-2H3,(H,17,18). The van der Waals surface area contributed by atoms with E-state index in [0.29, 0.717) is 6.42 Å². The molecule has 0 unspecified atom stereocenters. The maximum Gasteiger partial charge on any atom is 0.340 e. The van der Waals surface area contributed by atoms with Crippen molar-refractivity contribution in [1.82, 2.24) is 10.3 Å². The van der Waals surface area contributed by atoms with E-state index in [-0.39, 0.29) is 19.6 Å². The van der Waals surface area contributed by atoms with Crippen molar-refractivity contribution in [2.45, 2.75) is 32.7 Å². The number of hydrogen-bond donors (Lipinski definition) is 1. The minimum Gasteiger partial charge on any atom is -0.464 e. The van der Waals surface area contributed by atoms with Crippen LogP contribution in [0, 0.1) is 0 Å². The molecule has 22 heavy (non-hydrogen) atoms. The average molecular weight is 308 g/mol. The Balaban J connectivity index is 2.58. The average Bonchev–Trinajstić information content (AvgIpc) is 2.52. The van der Waals surface area contributed by atoms with E-state index in [1.165, 1.54) is 0 Å². The second-order valence-corrected chi connectivity index (χ2v) is 4.37. The monoisotopic (exact) mass is 308 g/mol. The van der Waals surface area contributed by atoms with E-state index in [1.54, 1.807) is 32.3 Å². The van der Waals surface area contributed by atoms with Gasteiger partial charge in [-0.15, -0.1) is 0 Å². The highest BCUT2D eigenvalue weighted by Gasteiger charge is 2.30. The first-order valence-electron chi connectivity index (χ1n) is 7.10. The number of nitrogens with one attached hydrogen (secondary N) is 1. The second-order valence-electron chi connectivity index (χ2n) is 4.37. The minimum atomic E-state index is -1.43. The molecule has 1 aromatic rings. The zero-order valence-electron chi connectivity index (χ0n) is 12.7. The van der Waals surface area contributed by atoms with Gasteiger partial charge in [-0.25, -0.2) is 9.59 Å². The summed E-state index contributed by atoms with van der Waals surface area (Å²) >= 11 is 0. The lowest BCUT2D eigenvalue weighted by Gasteiger charge is -2.15. The van der Waals surface area contributed by atoms with E-state index in [0.717, 1.165) is 5.56 Å². The third-order valence-corrected chi connectivity index (χ3v) is 2.71. The molecular formula is C15H20N2O5. The summed E-state index contributed by atoms with van der Waals surface area (Å²) in [5.74, 6) is -2.08. The number of amides is 1. The fraction of sp³-hybridized carbons (Fsp3) is 0.467. The van der Waals surface area contributed by atoms with E-state index in [9.17, 15) is 14.4 Å². The molecule has 0 aliphatic carbocycles. The van der Waals surface area contributed by atoms with Gasteiger partial charge < -0.3 is 14.8 Å². The van der Waals surface area contributed by atoms with Crippen molar-refractivity contribution in [3.63, 3.8) is 0 Å². The molecule has 0 radical (unpaired) electrons. The van der Waals surface area contributed by atoms with Crippen molar-refractivity contribution in [3.05, 3.63) is 30.1 Å². The Morgan fingerprint density at radius 3 is 2.32 bits per heavy atom. The van der Waals surface area contributed by atoms with Crippen LogP contribution < -0.4 is 5.32 Å². The molecule has 1 rings (SSSR count). The Labute approximate surface area is 129 Å². The van der Waals surface area contributed by atoms with Gasteiger partial charge in [0.15, 0.2) is 0 Å². The van der Waals surface area contributed by atoms with Gasteiger partial charge in [0.05, 0.1) is 13.2 Å². The maximum absolute atomic E-state index is 11.9. The lowest BCUT2D eigenvalue weighted by atomic mass is 10.1. The number of carbonyl (C=O) groups is 3. The summed E-state index contributed by atoms with van der Waals surface area (Å²) in [5, 5.41) is 2.35. The summed E-state index contributed by atoms with van der Waals surface area (Å²) in [4.78, 5) is 39.3. The summed E-state index contributed by atoms with van der Waals surface area (Å²) in [6.45, 7) is 3.45. The summed E-state index contributed by atoms with van der Waals surface area (Å²) in [5.41, 5.74) is 0.890. The quantitative estimate of drug-likeness (QED) is 0.559. The first kappa shape index (κ1) is 17.6. The van der Waals surface area contributed by atoms with Crippen molar-refractivity contribution in [2.24, 2.45) is 0 Å². The van der Waals surface area contributed by atoms with Gasteiger partial charge in [-0.3, -0.25) is 9.78 Å². The van der Waals surface area contributed by atoms with E-state index in [4.69, 9.17) is 9.47 Å². The molecule has 0 bridgehead atoms. The number of carbonyl (C=O) groups excluding carboxylic acids is 3. The molecule has 0 atom stereocenters. The van der Waals surface area contributed by atoms with Crippen LogP contribution in [0.25, 0.3) is 0 Å². The van der Waals surface area contributed by atoms with Crippen LogP contribution >= 0.6 is 0 Å². The van der Waals surface area contributed by atoms with Gasteiger partial charge in [0.1, 0.15) is 0 Å². The topological polar surface area (TPSA) is 94.6 Å². The number of rotatable bonds is 8. The van der Waals surface area contributed by atoms with Crippen LogP contribution in [0.1, 0.15) is 25.8 Å². The van der Waals surface area contributed by atoms with E-state index < -0.39 is 23.9 Å². The molecule has 7 nitrogen and oxygen atoms in total. The zero-order chi connectivity index (χ0) is 16.4. The van der Waals surface area contributed by atoms with Gasteiger partial charge in [0.2, 0.25) is 11.9 Å². The number of aromatic nitrogens is 1. The third-order valence-electron chi connectivity index (χ3n) is 2.71. The van der Waals surface area contributed by atoms with E-state index >= 15 is 0 Å². The molecule has 0 aliphatic heterocycles. The Hall–Kier alpha value is -2.44. The first-order chi connectivity index (χ1) is 10.6. The molecule has 0 fully saturated rings. The highest BCUT2D eigenvalue weighted by atomic mass is 16.6. The lowest BCUT2D eigenvalue weighted by molar-refractivity contribution is -0.159. The second kappa shape index (κ2) is 9.49. The molecule has 1 N–H and O–H groups in total. The predicted octanol–water partition coefficient (Wildman–Crippen LogP) is 0.625. The van der Waals surface area contributed by atoms with Crippen molar-refractivity contribution in [3.8, 4) is 0 Å². The Morgan fingerprint density at radius 1 is 1.18 bits per heavy atom. The molecule has 0 aliphatic rings. The third kappa shape index (κ3) is 5.90. The van der Waals surface area contributed by atoms with Crippen LogP contribution in [-0.4, -0.2) is 42.1 Å². The van der Waals surface area contributed by atoms with Crippen LogP contribution in [0.5, 0.6) is 0 Å². The Bertz CT molecular complexity index is 486. The Morgan fingerprint density at radius 2 is 1.82 bits per heavy atom. The number of hydrogen-bond acceptors (Lipinski definition) is 6. The smallest absolute Gasteiger partial charge is 0.340 e. The van der Waals surface area contributed by atoms with Crippen LogP contribution in [0.15, 0.2) is 24.5 Å². The number of ether oxygens (including phenoxy) is 2. The highest BCUT2D eigenvalue weighted by Crippen LogP contribution is 2.02. The van der Waals surface area contributed by atoms with Gasteiger partial charge in [0.25, 0.3) is 0 Å². The summed E-state index contributed by atoms with van der Waals surface area (Å²) in [6, 6.07) is 2.18. The van der Waals surface area contributed by atoms with Crippen LogP contribution in [0.2, 0.25) is 0 Å². The minimum absolute atomic E-state index is 0.111. The van der Waals surface area contributed by atoms with Gasteiger partial charge in [-0.2, -0.15) is 0 Å². The molecule has 0 aromatic carbocycles. The molecule has 1 aromatic heterocycles. The lowest BCUT2D eigenvalue weighted by Crippen LogP contribution is -2.48. The zero-order valence-corrected chi connectivity index (χ0v) is 12.7. The number of esters is 2. The summed E-state index contributed by atoms with van der Waals surface area (Å²) < 4.78 is 9.54. The fourth-order valence-corrected chi connectivity index (χ4v) is 1.70. The van der Waals surface area contributed by atoms with Crippen LogP contribution in [0.3, 0.4) is 0 Å².